The van der Waals surface area contributed by atoms with E-state index < -0.39 is 0 Å². The van der Waals surface area contributed by atoms with Crippen molar-refractivity contribution in [2.45, 2.75) is 38.8 Å². The number of hydrogen-bond donors (Lipinski definition) is 0. The summed E-state index contributed by atoms with van der Waals surface area (Å²) in [6.45, 7) is 5.35. The lowest BCUT2D eigenvalue weighted by Crippen LogP contribution is -2.37. The van der Waals surface area contributed by atoms with Crippen LogP contribution in [0.2, 0.25) is 0 Å². The molecule has 8 heteroatoms. The van der Waals surface area contributed by atoms with Gasteiger partial charge in [-0.3, -0.25) is 9.48 Å². The number of ether oxygens (including phenoxy) is 2. The second-order valence-corrected chi connectivity index (χ2v) is 9.26. The molecule has 0 saturated carbocycles. The number of fused-ring (bicyclic) bond motifs is 2. The van der Waals surface area contributed by atoms with Gasteiger partial charge in [-0.15, -0.1) is 0 Å². The molecule has 1 aromatic carbocycles. The first-order chi connectivity index (χ1) is 16.6. The van der Waals surface area contributed by atoms with Crippen LogP contribution in [0.3, 0.4) is 0 Å². The van der Waals surface area contributed by atoms with Gasteiger partial charge in [-0.05, 0) is 42.2 Å². The summed E-state index contributed by atoms with van der Waals surface area (Å²) in [5, 5.41) is 5.13. The van der Waals surface area contributed by atoms with Crippen LogP contribution in [0.15, 0.2) is 36.5 Å². The minimum Gasteiger partial charge on any atom is -0.481 e. The van der Waals surface area contributed by atoms with Crippen LogP contribution in [-0.4, -0.2) is 59.0 Å². The van der Waals surface area contributed by atoms with Crippen molar-refractivity contribution in [2.75, 3.05) is 38.3 Å². The van der Waals surface area contributed by atoms with Crippen molar-refractivity contribution in [1.29, 1.82) is 0 Å². The first kappa shape index (κ1) is 21.2. The Labute approximate surface area is 199 Å². The van der Waals surface area contributed by atoms with E-state index in [0.717, 1.165) is 49.3 Å². The highest BCUT2D eigenvalue weighted by atomic mass is 16.5. The van der Waals surface area contributed by atoms with Crippen molar-refractivity contribution in [2.24, 2.45) is 0 Å². The van der Waals surface area contributed by atoms with Crippen molar-refractivity contribution < 1.29 is 14.3 Å². The van der Waals surface area contributed by atoms with Gasteiger partial charge >= 0.3 is 0 Å². The van der Waals surface area contributed by atoms with Gasteiger partial charge in [0.05, 0.1) is 32.9 Å². The Kier molecular flexibility index (Phi) is 5.25. The van der Waals surface area contributed by atoms with Crippen molar-refractivity contribution in [3.8, 4) is 17.0 Å². The fourth-order valence-corrected chi connectivity index (χ4v) is 5.25. The lowest BCUT2D eigenvalue weighted by molar-refractivity contribution is -0.129. The molecule has 1 saturated heterocycles. The van der Waals surface area contributed by atoms with Crippen LogP contribution in [0.5, 0.6) is 5.88 Å². The molecule has 0 aliphatic carbocycles. The van der Waals surface area contributed by atoms with Crippen LogP contribution in [-0.2, 0) is 28.9 Å². The van der Waals surface area contributed by atoms with Crippen LogP contribution in [0.4, 0.5) is 11.5 Å². The van der Waals surface area contributed by atoms with Crippen LogP contribution in [0, 0.1) is 0 Å². The zero-order valence-electron chi connectivity index (χ0n) is 19.7. The molecule has 0 N–H and O–H groups in total. The molecule has 0 spiro atoms. The minimum atomic E-state index is 0.119. The first-order valence-electron chi connectivity index (χ1n) is 12.0. The SMILES string of the molecule is COc1ccc(-c2ccc3c(c2)CCCN3c2nn(C3COC3)c3c2CN(C(C)=O)CC3)cn1. The minimum absolute atomic E-state index is 0.119. The molecular formula is C26H29N5O3. The molecule has 5 heterocycles. The fraction of sp³-hybridized carbons (Fsp3) is 0.423. The number of hydrogen-bond acceptors (Lipinski definition) is 6. The van der Waals surface area contributed by atoms with Gasteiger partial charge in [0, 0.05) is 61.2 Å². The molecule has 34 heavy (non-hydrogen) atoms. The zero-order valence-corrected chi connectivity index (χ0v) is 19.7. The van der Waals surface area contributed by atoms with E-state index >= 15 is 0 Å². The molecule has 2 aromatic heterocycles. The number of aryl methyl sites for hydroxylation is 1. The molecule has 1 fully saturated rings. The molecule has 176 valence electrons. The quantitative estimate of drug-likeness (QED) is 0.595. The highest BCUT2D eigenvalue weighted by Crippen LogP contribution is 2.40. The van der Waals surface area contributed by atoms with Crippen LogP contribution in [0.25, 0.3) is 11.1 Å². The van der Waals surface area contributed by atoms with Crippen LogP contribution in [0.1, 0.15) is 36.2 Å². The van der Waals surface area contributed by atoms with Gasteiger partial charge in [-0.25, -0.2) is 4.98 Å². The summed E-state index contributed by atoms with van der Waals surface area (Å²) in [7, 11) is 1.63. The second-order valence-electron chi connectivity index (χ2n) is 9.26. The van der Waals surface area contributed by atoms with Gasteiger partial charge in [-0.1, -0.05) is 6.07 Å². The van der Waals surface area contributed by atoms with E-state index in [9.17, 15) is 4.79 Å². The van der Waals surface area contributed by atoms with Gasteiger partial charge in [0.15, 0.2) is 5.82 Å². The van der Waals surface area contributed by atoms with E-state index in [4.69, 9.17) is 14.6 Å². The molecule has 0 radical (unpaired) electrons. The monoisotopic (exact) mass is 459 g/mol. The van der Waals surface area contributed by atoms with E-state index in [-0.39, 0.29) is 5.91 Å². The molecule has 0 unspecified atom stereocenters. The number of anilines is 2. The molecular weight excluding hydrogens is 430 g/mol. The predicted molar refractivity (Wildman–Crippen MR) is 128 cm³/mol. The van der Waals surface area contributed by atoms with Gasteiger partial charge < -0.3 is 19.3 Å². The van der Waals surface area contributed by atoms with E-state index in [1.807, 2.05) is 23.2 Å². The maximum Gasteiger partial charge on any atom is 0.219 e. The number of benzene rings is 1. The Morgan fingerprint density at radius 2 is 1.97 bits per heavy atom. The topological polar surface area (TPSA) is 72.7 Å². The summed E-state index contributed by atoms with van der Waals surface area (Å²) >= 11 is 0. The molecule has 0 atom stereocenters. The molecule has 3 aromatic rings. The fourth-order valence-electron chi connectivity index (χ4n) is 5.25. The summed E-state index contributed by atoms with van der Waals surface area (Å²) in [6, 6.07) is 10.9. The smallest absolute Gasteiger partial charge is 0.219 e. The van der Waals surface area contributed by atoms with Gasteiger partial charge in [0.2, 0.25) is 11.8 Å². The zero-order chi connectivity index (χ0) is 23.2. The number of carbonyl (C=O) groups excluding carboxylic acids is 1. The van der Waals surface area contributed by atoms with E-state index in [1.165, 1.54) is 22.5 Å². The Hall–Kier alpha value is -3.39. The first-order valence-corrected chi connectivity index (χ1v) is 12.0. The number of rotatable bonds is 4. The maximum atomic E-state index is 12.2. The molecule has 3 aliphatic rings. The van der Waals surface area contributed by atoms with Crippen molar-refractivity contribution in [1.82, 2.24) is 19.7 Å². The number of pyridine rings is 1. The average Bonchev–Trinajstić information content (AvgIpc) is 3.20. The van der Waals surface area contributed by atoms with Gasteiger partial charge in [0.1, 0.15) is 0 Å². The molecule has 1 amide bonds. The Balaban J connectivity index is 1.38. The molecule has 6 rings (SSSR count). The number of amides is 1. The summed E-state index contributed by atoms with van der Waals surface area (Å²) in [5.74, 6) is 1.73. The lowest BCUT2D eigenvalue weighted by atomic mass is 9.96. The van der Waals surface area contributed by atoms with Gasteiger partial charge in [0.25, 0.3) is 0 Å². The molecule has 3 aliphatic heterocycles. The Morgan fingerprint density at radius 1 is 1.12 bits per heavy atom. The number of methoxy groups -OCH3 is 1. The summed E-state index contributed by atoms with van der Waals surface area (Å²) in [4.78, 5) is 20.8. The predicted octanol–water partition coefficient (Wildman–Crippen LogP) is 3.51. The second kappa shape index (κ2) is 8.43. The third kappa shape index (κ3) is 3.53. The van der Waals surface area contributed by atoms with Crippen molar-refractivity contribution in [3.05, 3.63) is 53.3 Å². The normalized spacial score (nSPS) is 17.7. The average molecular weight is 460 g/mol. The molecule has 0 bridgehead atoms. The third-order valence-corrected chi connectivity index (χ3v) is 7.21. The standard InChI is InChI=1S/C26H29N5O3/c1-17(32)29-11-9-24-22(14-29)26(28-31(24)21-15-34-16-21)30-10-3-4-19-12-18(5-7-23(19)30)20-6-8-25(33-2)27-13-20/h5-8,12-13,21H,3-4,9-11,14-16H2,1-2H3. The number of carbonyl (C=O) groups is 1. The van der Waals surface area contributed by atoms with Crippen molar-refractivity contribution >= 4 is 17.4 Å². The summed E-state index contributed by atoms with van der Waals surface area (Å²) in [5.41, 5.74) is 7.18. The van der Waals surface area contributed by atoms with Crippen LogP contribution >= 0.6 is 0 Å². The number of nitrogens with zero attached hydrogens (tertiary/aromatic N) is 5. The Bertz CT molecular complexity index is 1230. The van der Waals surface area contributed by atoms with E-state index in [0.29, 0.717) is 31.7 Å². The van der Waals surface area contributed by atoms with Gasteiger partial charge in [-0.2, -0.15) is 5.10 Å². The molecule has 8 nitrogen and oxygen atoms in total. The summed E-state index contributed by atoms with van der Waals surface area (Å²) < 4.78 is 12.8. The number of aromatic nitrogens is 3. The van der Waals surface area contributed by atoms with E-state index in [1.54, 1.807) is 14.0 Å². The highest BCUT2D eigenvalue weighted by Gasteiger charge is 2.34. The van der Waals surface area contributed by atoms with Crippen LogP contribution < -0.4 is 9.64 Å². The van der Waals surface area contributed by atoms with E-state index in [2.05, 4.69) is 32.8 Å². The lowest BCUT2D eigenvalue weighted by Gasteiger charge is -2.33. The Morgan fingerprint density at radius 3 is 2.68 bits per heavy atom. The van der Waals surface area contributed by atoms with Crippen molar-refractivity contribution in [3.63, 3.8) is 0 Å². The largest absolute Gasteiger partial charge is 0.481 e. The maximum absolute atomic E-state index is 12.2. The third-order valence-electron chi connectivity index (χ3n) is 7.21. The summed E-state index contributed by atoms with van der Waals surface area (Å²) in [6.07, 6.45) is 4.78. The highest BCUT2D eigenvalue weighted by molar-refractivity contribution is 5.76.